The van der Waals surface area contributed by atoms with Gasteiger partial charge in [0.05, 0.1) is 0 Å². The summed E-state index contributed by atoms with van der Waals surface area (Å²) in [6, 6.07) is 12.2. The Morgan fingerprint density at radius 1 is 1.04 bits per heavy atom. The van der Waals surface area contributed by atoms with Gasteiger partial charge in [0.15, 0.2) is 0 Å². The fraction of sp³-hybridized carbons (Fsp3) is 0.125. The van der Waals surface area contributed by atoms with Gasteiger partial charge in [0.25, 0.3) is 5.91 Å². The smallest absolute Gasteiger partial charge is 0.320 e. The molecule has 7 nitrogen and oxygen atoms in total. The molecular weight excluding hydrogens is 300 g/mol. The molecule has 0 aliphatic carbocycles. The van der Waals surface area contributed by atoms with E-state index in [9.17, 15) is 9.59 Å². The molecule has 1 amide bonds. The monoisotopic (exact) mass is 316 g/mol. The van der Waals surface area contributed by atoms with Gasteiger partial charge in [-0.15, -0.1) is 0 Å². The van der Waals surface area contributed by atoms with Crippen LogP contribution in [0, 0.1) is 0 Å². The van der Waals surface area contributed by atoms with Crippen LogP contribution in [0.25, 0.3) is 0 Å². The summed E-state index contributed by atoms with van der Waals surface area (Å²) >= 11 is 0. The maximum absolute atomic E-state index is 11.2. The van der Waals surface area contributed by atoms with Gasteiger partial charge in [-0.3, -0.25) is 14.8 Å². The second kappa shape index (κ2) is 7.39. The first kappa shape index (κ1) is 16.5. The molecule has 1 atom stereocenters. The number of amides is 1. The van der Waals surface area contributed by atoms with Crippen molar-refractivity contribution in [3.8, 4) is 11.5 Å². The molecule has 2 aromatic carbocycles. The van der Waals surface area contributed by atoms with Crippen molar-refractivity contribution in [2.75, 3.05) is 0 Å². The lowest BCUT2D eigenvalue weighted by molar-refractivity contribution is -0.138. The number of ether oxygens (including phenoxy) is 1. The number of nitrogens with one attached hydrogen (secondary N) is 1. The molecule has 7 heteroatoms. The number of aliphatic carboxylic acids is 1. The van der Waals surface area contributed by atoms with Crippen molar-refractivity contribution in [1.82, 2.24) is 5.48 Å². The number of benzene rings is 2. The van der Waals surface area contributed by atoms with Crippen LogP contribution in [0.1, 0.15) is 15.9 Å². The molecule has 0 heterocycles. The van der Waals surface area contributed by atoms with E-state index >= 15 is 0 Å². The van der Waals surface area contributed by atoms with Gasteiger partial charge < -0.3 is 15.6 Å². The van der Waals surface area contributed by atoms with Crippen molar-refractivity contribution < 1.29 is 24.6 Å². The summed E-state index contributed by atoms with van der Waals surface area (Å²) in [6.45, 7) is 0. The van der Waals surface area contributed by atoms with Gasteiger partial charge in [0.1, 0.15) is 17.5 Å². The maximum atomic E-state index is 11.2. The molecule has 0 aliphatic rings. The molecule has 0 aliphatic heterocycles. The average molecular weight is 316 g/mol. The lowest BCUT2D eigenvalue weighted by Gasteiger charge is -2.09. The van der Waals surface area contributed by atoms with Crippen LogP contribution in [-0.4, -0.2) is 28.2 Å². The normalized spacial score (nSPS) is 11.6. The van der Waals surface area contributed by atoms with Crippen LogP contribution in [-0.2, 0) is 11.2 Å². The first-order valence-corrected chi connectivity index (χ1v) is 6.79. The van der Waals surface area contributed by atoms with Crippen molar-refractivity contribution in [1.29, 1.82) is 0 Å². The standard InChI is InChI=1S/C16H16N2O5/c17-14(16(20)21)9-10-1-5-12(6-2-10)23-13-7-3-11(4-8-13)15(19)18-22/h1-8,14,22H,9,17H2,(H,18,19)(H,20,21). The molecule has 0 saturated carbocycles. The zero-order chi connectivity index (χ0) is 16.8. The van der Waals surface area contributed by atoms with Crippen LogP contribution in [0.15, 0.2) is 48.5 Å². The van der Waals surface area contributed by atoms with E-state index in [1.165, 1.54) is 12.1 Å². The largest absolute Gasteiger partial charge is 0.480 e. The molecule has 0 fully saturated rings. The predicted molar refractivity (Wildman–Crippen MR) is 81.5 cm³/mol. The minimum atomic E-state index is -1.04. The topological polar surface area (TPSA) is 122 Å². The van der Waals surface area contributed by atoms with Gasteiger partial charge in [-0.2, -0.15) is 0 Å². The Kier molecular flexibility index (Phi) is 5.29. The number of carboxylic acid groups (broad SMARTS) is 1. The molecule has 2 aromatic rings. The van der Waals surface area contributed by atoms with E-state index in [-0.39, 0.29) is 6.42 Å². The summed E-state index contributed by atoms with van der Waals surface area (Å²) in [5, 5.41) is 17.3. The van der Waals surface area contributed by atoms with E-state index in [4.69, 9.17) is 20.8 Å². The molecule has 5 N–H and O–H groups in total. The van der Waals surface area contributed by atoms with Gasteiger partial charge in [0, 0.05) is 5.56 Å². The maximum Gasteiger partial charge on any atom is 0.320 e. The molecule has 120 valence electrons. The van der Waals surface area contributed by atoms with E-state index in [2.05, 4.69) is 0 Å². The van der Waals surface area contributed by atoms with Crippen molar-refractivity contribution in [3.05, 3.63) is 59.7 Å². The minimum absolute atomic E-state index is 0.237. The second-order valence-electron chi connectivity index (χ2n) is 4.86. The minimum Gasteiger partial charge on any atom is -0.480 e. The van der Waals surface area contributed by atoms with E-state index in [0.29, 0.717) is 17.1 Å². The highest BCUT2D eigenvalue weighted by atomic mass is 16.5. The Hall–Kier alpha value is -2.90. The van der Waals surface area contributed by atoms with E-state index < -0.39 is 17.9 Å². The zero-order valence-electron chi connectivity index (χ0n) is 12.1. The molecule has 0 spiro atoms. The van der Waals surface area contributed by atoms with Crippen LogP contribution in [0.5, 0.6) is 11.5 Å². The number of rotatable bonds is 6. The van der Waals surface area contributed by atoms with Crippen LogP contribution >= 0.6 is 0 Å². The first-order valence-electron chi connectivity index (χ1n) is 6.79. The summed E-state index contributed by atoms with van der Waals surface area (Å²) < 4.78 is 5.61. The number of carbonyl (C=O) groups is 2. The summed E-state index contributed by atoms with van der Waals surface area (Å²) in [6.07, 6.45) is 0.237. The van der Waals surface area contributed by atoms with Gasteiger partial charge in [-0.1, -0.05) is 12.1 Å². The average Bonchev–Trinajstić information content (AvgIpc) is 2.56. The summed E-state index contributed by atoms with van der Waals surface area (Å²) in [7, 11) is 0. The Morgan fingerprint density at radius 3 is 2.04 bits per heavy atom. The van der Waals surface area contributed by atoms with Crippen LogP contribution in [0.2, 0.25) is 0 Å². The molecular formula is C16H16N2O5. The third-order valence-electron chi connectivity index (χ3n) is 3.15. The fourth-order valence-corrected chi connectivity index (χ4v) is 1.91. The summed E-state index contributed by atoms with van der Waals surface area (Å²) in [4.78, 5) is 21.9. The van der Waals surface area contributed by atoms with Crippen molar-refractivity contribution in [2.24, 2.45) is 5.73 Å². The van der Waals surface area contributed by atoms with Crippen molar-refractivity contribution >= 4 is 11.9 Å². The molecule has 0 radical (unpaired) electrons. The lowest BCUT2D eigenvalue weighted by atomic mass is 10.1. The van der Waals surface area contributed by atoms with Crippen molar-refractivity contribution in [3.63, 3.8) is 0 Å². The number of carbonyl (C=O) groups excluding carboxylic acids is 1. The van der Waals surface area contributed by atoms with E-state index in [0.717, 1.165) is 5.56 Å². The molecule has 0 bridgehead atoms. The highest BCUT2D eigenvalue weighted by Crippen LogP contribution is 2.22. The first-order chi connectivity index (χ1) is 11.0. The predicted octanol–water partition coefficient (Wildman–Crippen LogP) is 1.55. The van der Waals surface area contributed by atoms with Crippen molar-refractivity contribution in [2.45, 2.75) is 12.5 Å². The fourth-order valence-electron chi connectivity index (χ4n) is 1.91. The third-order valence-corrected chi connectivity index (χ3v) is 3.15. The third kappa shape index (κ3) is 4.53. The number of hydrogen-bond donors (Lipinski definition) is 4. The molecule has 23 heavy (non-hydrogen) atoms. The van der Waals surface area contributed by atoms with Gasteiger partial charge in [-0.25, -0.2) is 5.48 Å². The highest BCUT2D eigenvalue weighted by molar-refractivity contribution is 5.93. The Bertz CT molecular complexity index is 683. The SMILES string of the molecule is NC(Cc1ccc(Oc2ccc(C(=O)NO)cc2)cc1)C(=O)O. The number of hydroxylamine groups is 1. The van der Waals surface area contributed by atoms with E-state index in [1.807, 2.05) is 0 Å². The quantitative estimate of drug-likeness (QED) is 0.474. The number of carboxylic acids is 1. The lowest BCUT2D eigenvalue weighted by Crippen LogP contribution is -2.32. The summed E-state index contributed by atoms with van der Waals surface area (Å²) in [5.74, 6) is -0.556. The van der Waals surface area contributed by atoms with Crippen LogP contribution in [0.3, 0.4) is 0 Å². The number of hydrogen-bond acceptors (Lipinski definition) is 5. The second-order valence-corrected chi connectivity index (χ2v) is 4.86. The summed E-state index contributed by atoms with van der Waals surface area (Å²) in [5.41, 5.74) is 8.12. The zero-order valence-corrected chi connectivity index (χ0v) is 12.1. The number of nitrogens with two attached hydrogens (primary N) is 1. The molecule has 0 aromatic heterocycles. The van der Waals surface area contributed by atoms with Gasteiger partial charge >= 0.3 is 5.97 Å². The van der Waals surface area contributed by atoms with Crippen LogP contribution < -0.4 is 16.0 Å². The highest BCUT2D eigenvalue weighted by Gasteiger charge is 2.12. The molecule has 0 saturated heterocycles. The molecule has 1 unspecified atom stereocenters. The molecule has 2 rings (SSSR count). The van der Waals surface area contributed by atoms with E-state index in [1.54, 1.807) is 41.9 Å². The van der Waals surface area contributed by atoms with Gasteiger partial charge in [-0.05, 0) is 48.4 Å². The van der Waals surface area contributed by atoms with Crippen LogP contribution in [0.4, 0.5) is 0 Å². The van der Waals surface area contributed by atoms with Gasteiger partial charge in [0.2, 0.25) is 0 Å². The Balaban J connectivity index is 2.00. The Morgan fingerprint density at radius 2 is 1.57 bits per heavy atom. The Labute approximate surface area is 132 Å².